The number of hydrogen-bond donors (Lipinski definition) is 0. The SMILES string of the molecule is C=CCC(C)(C)O[SiH3]. The summed E-state index contributed by atoms with van der Waals surface area (Å²) in [6.45, 7) is 7.77. The molecule has 48 valence electrons. The van der Waals surface area contributed by atoms with E-state index in [1.54, 1.807) is 0 Å². The van der Waals surface area contributed by atoms with Crippen molar-refractivity contribution < 1.29 is 4.43 Å². The molecule has 8 heavy (non-hydrogen) atoms. The molecule has 0 bridgehead atoms. The van der Waals surface area contributed by atoms with Crippen LogP contribution in [0, 0.1) is 0 Å². The highest BCUT2D eigenvalue weighted by atomic mass is 28.2. The predicted molar refractivity (Wildman–Crippen MR) is 39.9 cm³/mol. The first kappa shape index (κ1) is 7.92. The second-order valence-electron chi connectivity index (χ2n) is 2.46. The van der Waals surface area contributed by atoms with Crippen molar-refractivity contribution in [3.63, 3.8) is 0 Å². The topological polar surface area (TPSA) is 9.23 Å². The molecule has 0 spiro atoms. The van der Waals surface area contributed by atoms with Gasteiger partial charge in [-0.25, -0.2) is 0 Å². The zero-order valence-corrected chi connectivity index (χ0v) is 7.90. The number of hydrogen-bond acceptors (Lipinski definition) is 1. The highest BCUT2D eigenvalue weighted by Gasteiger charge is 2.11. The van der Waals surface area contributed by atoms with Crippen LogP contribution in [0.5, 0.6) is 0 Å². The zero-order chi connectivity index (χ0) is 6.62. The van der Waals surface area contributed by atoms with Gasteiger partial charge in [-0.1, -0.05) is 6.08 Å². The molecule has 0 saturated carbocycles. The van der Waals surface area contributed by atoms with Crippen molar-refractivity contribution in [1.29, 1.82) is 0 Å². The molecule has 0 saturated heterocycles. The Hall–Kier alpha value is -0.0831. The fourth-order valence-electron chi connectivity index (χ4n) is 0.431. The van der Waals surface area contributed by atoms with Gasteiger partial charge in [0.2, 0.25) is 0 Å². The summed E-state index contributed by atoms with van der Waals surface area (Å²) in [6.07, 6.45) is 2.83. The Morgan fingerprint density at radius 1 is 1.75 bits per heavy atom. The fraction of sp³-hybridized carbons (Fsp3) is 0.667. The zero-order valence-electron chi connectivity index (χ0n) is 5.90. The second-order valence-corrected chi connectivity index (χ2v) is 2.86. The van der Waals surface area contributed by atoms with Crippen LogP contribution in [0.2, 0.25) is 0 Å². The second kappa shape index (κ2) is 3.05. The summed E-state index contributed by atoms with van der Waals surface area (Å²) in [5.41, 5.74) is 0.0357. The maximum atomic E-state index is 5.25. The van der Waals surface area contributed by atoms with Crippen LogP contribution < -0.4 is 0 Å². The lowest BCUT2D eigenvalue weighted by molar-refractivity contribution is 0.127. The van der Waals surface area contributed by atoms with Gasteiger partial charge >= 0.3 is 0 Å². The molecule has 2 heteroatoms. The molecule has 0 rings (SSSR count). The summed E-state index contributed by atoms with van der Waals surface area (Å²) < 4.78 is 5.25. The van der Waals surface area contributed by atoms with Gasteiger partial charge in [-0.2, -0.15) is 0 Å². The lowest BCUT2D eigenvalue weighted by atomic mass is 10.1. The maximum absolute atomic E-state index is 5.25. The summed E-state index contributed by atoms with van der Waals surface area (Å²) >= 11 is 0. The van der Waals surface area contributed by atoms with Gasteiger partial charge in [-0.05, 0) is 20.3 Å². The first-order valence-electron chi connectivity index (χ1n) is 2.78. The van der Waals surface area contributed by atoms with Gasteiger partial charge in [0.05, 0.1) is 5.60 Å². The molecule has 0 N–H and O–H groups in total. The molecule has 0 unspecified atom stereocenters. The van der Waals surface area contributed by atoms with Gasteiger partial charge in [0.15, 0.2) is 0 Å². The molecule has 0 fully saturated rings. The van der Waals surface area contributed by atoms with E-state index in [0.717, 1.165) is 16.9 Å². The lowest BCUT2D eigenvalue weighted by Gasteiger charge is -2.20. The van der Waals surface area contributed by atoms with Crippen molar-refractivity contribution in [1.82, 2.24) is 0 Å². The minimum Gasteiger partial charge on any atom is -0.423 e. The quantitative estimate of drug-likeness (QED) is 0.402. The van der Waals surface area contributed by atoms with Crippen LogP contribution >= 0.6 is 0 Å². The third kappa shape index (κ3) is 2.99. The standard InChI is InChI=1S/C6H14OSi/c1-4-5-6(2,3)7-8/h4H,1,5H2,2-3,8H3. The van der Waals surface area contributed by atoms with E-state index < -0.39 is 0 Å². The van der Waals surface area contributed by atoms with Crippen molar-refractivity contribution in [2.45, 2.75) is 25.9 Å². The van der Waals surface area contributed by atoms with Crippen molar-refractivity contribution in [2.24, 2.45) is 0 Å². The monoisotopic (exact) mass is 130 g/mol. The van der Waals surface area contributed by atoms with Crippen LogP contribution in [0.15, 0.2) is 12.7 Å². The average Bonchev–Trinajstić information content (AvgIpc) is 1.67. The minimum absolute atomic E-state index is 0.0357. The molecule has 0 heterocycles. The first-order chi connectivity index (χ1) is 3.62. The molecule has 0 atom stereocenters. The highest BCUT2D eigenvalue weighted by molar-refractivity contribution is 5.98. The Morgan fingerprint density at radius 3 is 2.38 bits per heavy atom. The third-order valence-electron chi connectivity index (χ3n) is 1.19. The molecule has 0 aliphatic carbocycles. The molecular formula is C6H14OSi. The van der Waals surface area contributed by atoms with Gasteiger partial charge in [0, 0.05) is 0 Å². The fourth-order valence-corrected chi connectivity index (χ4v) is 0.598. The summed E-state index contributed by atoms with van der Waals surface area (Å²) in [5.74, 6) is 0. The Labute approximate surface area is 54.3 Å². The van der Waals surface area contributed by atoms with E-state index in [4.69, 9.17) is 4.43 Å². The van der Waals surface area contributed by atoms with Crippen LogP contribution in [-0.2, 0) is 4.43 Å². The molecule has 0 aliphatic rings. The van der Waals surface area contributed by atoms with Gasteiger partial charge in [-0.15, -0.1) is 6.58 Å². The van der Waals surface area contributed by atoms with Gasteiger partial charge in [0.1, 0.15) is 10.5 Å². The summed E-state index contributed by atoms with van der Waals surface area (Å²) in [5, 5.41) is 0. The highest BCUT2D eigenvalue weighted by Crippen LogP contribution is 2.11. The molecule has 0 aliphatic heterocycles. The van der Waals surface area contributed by atoms with Gasteiger partial charge < -0.3 is 4.43 Å². The summed E-state index contributed by atoms with van der Waals surface area (Å²) in [6, 6.07) is 0. The molecule has 1 nitrogen and oxygen atoms in total. The predicted octanol–water partition coefficient (Wildman–Crippen LogP) is 0.638. The van der Waals surface area contributed by atoms with Crippen LogP contribution in [0.25, 0.3) is 0 Å². The van der Waals surface area contributed by atoms with E-state index in [1.807, 2.05) is 6.08 Å². The van der Waals surface area contributed by atoms with E-state index in [0.29, 0.717) is 0 Å². The van der Waals surface area contributed by atoms with E-state index in [2.05, 4.69) is 20.4 Å². The smallest absolute Gasteiger partial charge is 0.146 e. The van der Waals surface area contributed by atoms with Crippen LogP contribution in [0.4, 0.5) is 0 Å². The van der Waals surface area contributed by atoms with Gasteiger partial charge in [0.25, 0.3) is 0 Å². The normalized spacial score (nSPS) is 11.8. The largest absolute Gasteiger partial charge is 0.423 e. The summed E-state index contributed by atoms with van der Waals surface area (Å²) in [7, 11) is 0.814. The molecule has 0 amide bonds. The molecule has 0 radical (unpaired) electrons. The average molecular weight is 130 g/mol. The van der Waals surface area contributed by atoms with E-state index in [9.17, 15) is 0 Å². The molecular weight excluding hydrogens is 116 g/mol. The van der Waals surface area contributed by atoms with Crippen molar-refractivity contribution >= 4 is 10.5 Å². The molecule has 0 aromatic heterocycles. The molecule has 0 aromatic carbocycles. The first-order valence-corrected chi connectivity index (χ1v) is 3.60. The van der Waals surface area contributed by atoms with E-state index in [1.165, 1.54) is 0 Å². The van der Waals surface area contributed by atoms with Crippen LogP contribution in [0.3, 0.4) is 0 Å². The maximum Gasteiger partial charge on any atom is 0.146 e. The lowest BCUT2D eigenvalue weighted by Crippen LogP contribution is -2.21. The Morgan fingerprint density at radius 2 is 2.25 bits per heavy atom. The van der Waals surface area contributed by atoms with Crippen molar-refractivity contribution in [3.05, 3.63) is 12.7 Å². The van der Waals surface area contributed by atoms with Crippen molar-refractivity contribution in [2.75, 3.05) is 0 Å². The summed E-state index contributed by atoms with van der Waals surface area (Å²) in [4.78, 5) is 0. The molecule has 0 aromatic rings. The minimum atomic E-state index is 0.0357. The van der Waals surface area contributed by atoms with Gasteiger partial charge in [-0.3, -0.25) is 0 Å². The Bertz CT molecular complexity index is 78.6. The third-order valence-corrected chi connectivity index (χ3v) is 2.29. The Kier molecular flexibility index (Phi) is 3.01. The van der Waals surface area contributed by atoms with E-state index >= 15 is 0 Å². The number of rotatable bonds is 3. The Balaban J connectivity index is 3.53. The van der Waals surface area contributed by atoms with Crippen molar-refractivity contribution in [3.8, 4) is 0 Å². The van der Waals surface area contributed by atoms with Crippen LogP contribution in [0.1, 0.15) is 20.3 Å². The van der Waals surface area contributed by atoms with E-state index in [-0.39, 0.29) is 5.60 Å². The van der Waals surface area contributed by atoms with Crippen LogP contribution in [-0.4, -0.2) is 16.1 Å².